The second-order valence-electron chi connectivity index (χ2n) is 3.55. The average molecular weight is 209 g/mol. The maximum absolute atomic E-state index is 13.0. The van der Waals surface area contributed by atoms with Crippen molar-refractivity contribution in [2.45, 2.75) is 12.5 Å². The Morgan fingerprint density at radius 3 is 3.13 bits per heavy atom. The van der Waals surface area contributed by atoms with Crippen molar-refractivity contribution in [3.05, 3.63) is 35.1 Å². The molecule has 0 bridgehead atoms. The molecule has 15 heavy (non-hydrogen) atoms. The first-order valence-corrected chi connectivity index (χ1v) is 4.79. The van der Waals surface area contributed by atoms with Gasteiger partial charge in [0.2, 0.25) is 0 Å². The SMILES string of the molecule is COC(=O)C1CNCc2cc(F)ccc21. The van der Waals surface area contributed by atoms with E-state index in [2.05, 4.69) is 5.32 Å². The Balaban J connectivity index is 2.38. The van der Waals surface area contributed by atoms with E-state index in [1.165, 1.54) is 19.2 Å². The highest BCUT2D eigenvalue weighted by Gasteiger charge is 2.26. The zero-order chi connectivity index (χ0) is 10.8. The second-order valence-corrected chi connectivity index (χ2v) is 3.55. The van der Waals surface area contributed by atoms with Gasteiger partial charge < -0.3 is 10.1 Å². The summed E-state index contributed by atoms with van der Waals surface area (Å²) in [4.78, 5) is 11.5. The molecule has 0 aromatic heterocycles. The van der Waals surface area contributed by atoms with Gasteiger partial charge in [0.05, 0.1) is 13.0 Å². The third kappa shape index (κ3) is 1.85. The number of carbonyl (C=O) groups excluding carboxylic acids is 1. The molecule has 4 heteroatoms. The summed E-state index contributed by atoms with van der Waals surface area (Å²) < 4.78 is 17.7. The molecule has 0 aliphatic carbocycles. The summed E-state index contributed by atoms with van der Waals surface area (Å²) >= 11 is 0. The van der Waals surface area contributed by atoms with Crippen molar-refractivity contribution >= 4 is 5.97 Å². The fourth-order valence-electron chi connectivity index (χ4n) is 1.88. The van der Waals surface area contributed by atoms with Crippen LogP contribution < -0.4 is 5.32 Å². The van der Waals surface area contributed by atoms with Gasteiger partial charge in [-0.15, -0.1) is 0 Å². The van der Waals surface area contributed by atoms with Crippen LogP contribution in [0.2, 0.25) is 0 Å². The van der Waals surface area contributed by atoms with E-state index >= 15 is 0 Å². The first kappa shape index (κ1) is 10.1. The molecule has 1 N–H and O–H groups in total. The van der Waals surface area contributed by atoms with Crippen LogP contribution in [0.5, 0.6) is 0 Å². The van der Waals surface area contributed by atoms with Gasteiger partial charge in [-0.3, -0.25) is 4.79 Å². The summed E-state index contributed by atoms with van der Waals surface area (Å²) in [7, 11) is 1.36. The topological polar surface area (TPSA) is 38.3 Å². The van der Waals surface area contributed by atoms with Gasteiger partial charge in [-0.25, -0.2) is 4.39 Å². The summed E-state index contributed by atoms with van der Waals surface area (Å²) in [5.74, 6) is -0.879. The van der Waals surface area contributed by atoms with Crippen LogP contribution in [0.1, 0.15) is 17.0 Å². The highest BCUT2D eigenvalue weighted by atomic mass is 19.1. The molecule has 1 aliphatic heterocycles. The molecule has 0 saturated carbocycles. The normalized spacial score (nSPS) is 19.5. The molecule has 0 amide bonds. The average Bonchev–Trinajstić information content (AvgIpc) is 2.26. The summed E-state index contributed by atoms with van der Waals surface area (Å²) in [6, 6.07) is 4.49. The lowest BCUT2D eigenvalue weighted by Gasteiger charge is -2.24. The van der Waals surface area contributed by atoms with Gasteiger partial charge in [-0.2, -0.15) is 0 Å². The van der Waals surface area contributed by atoms with E-state index in [-0.39, 0.29) is 17.7 Å². The molecule has 1 unspecified atom stereocenters. The van der Waals surface area contributed by atoms with E-state index in [1.54, 1.807) is 6.07 Å². The second kappa shape index (κ2) is 3.98. The summed E-state index contributed by atoms with van der Waals surface area (Å²) in [6.45, 7) is 1.14. The lowest BCUT2D eigenvalue weighted by atomic mass is 9.91. The number of fused-ring (bicyclic) bond motifs is 1. The third-order valence-electron chi connectivity index (χ3n) is 2.63. The predicted octanol–water partition coefficient (Wildman–Crippen LogP) is 1.19. The Hall–Kier alpha value is -1.42. The van der Waals surface area contributed by atoms with Crippen molar-refractivity contribution in [2.75, 3.05) is 13.7 Å². The molecule has 2 rings (SSSR count). The monoisotopic (exact) mass is 209 g/mol. The number of nitrogens with one attached hydrogen (secondary N) is 1. The van der Waals surface area contributed by atoms with Gasteiger partial charge in [0.25, 0.3) is 0 Å². The van der Waals surface area contributed by atoms with Gasteiger partial charge >= 0.3 is 5.97 Å². The fraction of sp³-hybridized carbons (Fsp3) is 0.364. The molecule has 1 heterocycles. The number of hydrogen-bond donors (Lipinski definition) is 1. The Bertz CT molecular complexity index is 392. The zero-order valence-electron chi connectivity index (χ0n) is 8.42. The molecule has 1 aromatic rings. The highest BCUT2D eigenvalue weighted by molar-refractivity contribution is 5.79. The number of benzene rings is 1. The minimum absolute atomic E-state index is 0.277. The summed E-state index contributed by atoms with van der Waals surface area (Å²) in [5, 5.41) is 3.07. The minimum Gasteiger partial charge on any atom is -0.469 e. The van der Waals surface area contributed by atoms with E-state index in [0.29, 0.717) is 13.1 Å². The first-order chi connectivity index (χ1) is 7.22. The maximum atomic E-state index is 13.0. The summed E-state index contributed by atoms with van der Waals surface area (Å²) in [6.07, 6.45) is 0. The molecule has 0 fully saturated rings. The Labute approximate surface area is 87.2 Å². The van der Waals surface area contributed by atoms with Crippen LogP contribution in [0.25, 0.3) is 0 Å². The van der Waals surface area contributed by atoms with Crippen molar-refractivity contribution in [1.29, 1.82) is 0 Å². The van der Waals surface area contributed by atoms with Crippen molar-refractivity contribution in [3.63, 3.8) is 0 Å². The number of hydrogen-bond acceptors (Lipinski definition) is 3. The molecule has 0 saturated heterocycles. The van der Waals surface area contributed by atoms with E-state index in [4.69, 9.17) is 4.74 Å². The lowest BCUT2D eigenvalue weighted by molar-refractivity contribution is -0.142. The van der Waals surface area contributed by atoms with E-state index < -0.39 is 0 Å². The highest BCUT2D eigenvalue weighted by Crippen LogP contribution is 2.25. The molecule has 80 valence electrons. The van der Waals surface area contributed by atoms with Gasteiger partial charge in [-0.1, -0.05) is 6.07 Å². The van der Waals surface area contributed by atoms with Crippen molar-refractivity contribution in [2.24, 2.45) is 0 Å². The maximum Gasteiger partial charge on any atom is 0.314 e. The Morgan fingerprint density at radius 2 is 2.40 bits per heavy atom. The van der Waals surface area contributed by atoms with Crippen LogP contribution >= 0.6 is 0 Å². The Morgan fingerprint density at radius 1 is 1.60 bits per heavy atom. The molecule has 3 nitrogen and oxygen atoms in total. The van der Waals surface area contributed by atoms with Crippen LogP contribution in [0.15, 0.2) is 18.2 Å². The van der Waals surface area contributed by atoms with Crippen molar-refractivity contribution in [1.82, 2.24) is 5.32 Å². The Kier molecular flexibility index (Phi) is 2.68. The number of halogens is 1. The van der Waals surface area contributed by atoms with E-state index in [1.807, 2.05) is 0 Å². The molecule has 0 spiro atoms. The van der Waals surface area contributed by atoms with Gasteiger partial charge in [-0.05, 0) is 23.3 Å². The smallest absolute Gasteiger partial charge is 0.314 e. The first-order valence-electron chi connectivity index (χ1n) is 4.79. The van der Waals surface area contributed by atoms with Gasteiger partial charge in [0.15, 0.2) is 0 Å². The quantitative estimate of drug-likeness (QED) is 0.706. The number of methoxy groups -OCH3 is 1. The van der Waals surface area contributed by atoms with Crippen LogP contribution in [-0.4, -0.2) is 19.6 Å². The third-order valence-corrected chi connectivity index (χ3v) is 2.63. The number of rotatable bonds is 1. The van der Waals surface area contributed by atoms with Crippen LogP contribution in [-0.2, 0) is 16.1 Å². The number of ether oxygens (including phenoxy) is 1. The summed E-state index contributed by atoms with van der Waals surface area (Å²) in [5.41, 5.74) is 1.69. The standard InChI is InChI=1S/C11H12FNO2/c1-15-11(14)10-6-13-5-7-4-8(12)2-3-9(7)10/h2-4,10,13H,5-6H2,1H3. The predicted molar refractivity (Wildman–Crippen MR) is 52.9 cm³/mol. The lowest BCUT2D eigenvalue weighted by Crippen LogP contribution is -2.33. The number of carbonyl (C=O) groups is 1. The molecular weight excluding hydrogens is 197 g/mol. The van der Waals surface area contributed by atoms with E-state index in [0.717, 1.165) is 11.1 Å². The van der Waals surface area contributed by atoms with Crippen LogP contribution in [0, 0.1) is 5.82 Å². The molecule has 1 atom stereocenters. The molecule has 1 aliphatic rings. The minimum atomic E-state index is -0.320. The van der Waals surface area contributed by atoms with Crippen LogP contribution in [0.3, 0.4) is 0 Å². The zero-order valence-corrected chi connectivity index (χ0v) is 8.42. The van der Waals surface area contributed by atoms with Crippen LogP contribution in [0.4, 0.5) is 4.39 Å². The molecule has 1 aromatic carbocycles. The van der Waals surface area contributed by atoms with E-state index in [9.17, 15) is 9.18 Å². The fourth-order valence-corrected chi connectivity index (χ4v) is 1.88. The number of esters is 1. The largest absolute Gasteiger partial charge is 0.469 e. The molecule has 0 radical (unpaired) electrons. The van der Waals surface area contributed by atoms with Crippen molar-refractivity contribution in [3.8, 4) is 0 Å². The van der Waals surface area contributed by atoms with Gasteiger partial charge in [0.1, 0.15) is 5.82 Å². The van der Waals surface area contributed by atoms with Crippen molar-refractivity contribution < 1.29 is 13.9 Å². The van der Waals surface area contributed by atoms with Gasteiger partial charge in [0, 0.05) is 13.1 Å². The molecular formula is C11H12FNO2.